The molecule has 1 N–H and O–H groups in total. The van der Waals surface area contributed by atoms with Gasteiger partial charge < -0.3 is 0 Å². The molecule has 0 atom stereocenters. The van der Waals surface area contributed by atoms with Crippen LogP contribution in [0.3, 0.4) is 0 Å². The van der Waals surface area contributed by atoms with Gasteiger partial charge in [0, 0.05) is 18.2 Å². The van der Waals surface area contributed by atoms with Gasteiger partial charge in [0.05, 0.1) is 0 Å². The number of hydrogen-bond donors (Lipinski definition) is 1. The van der Waals surface area contributed by atoms with E-state index in [1.807, 2.05) is 0 Å². The van der Waals surface area contributed by atoms with E-state index in [0.717, 1.165) is 17.9 Å². The Morgan fingerprint density at radius 2 is 1.28 bits per heavy atom. The van der Waals surface area contributed by atoms with Crippen molar-refractivity contribution in [3.8, 4) is 0 Å². The highest BCUT2D eigenvalue weighted by Crippen LogP contribution is 2.17. The van der Waals surface area contributed by atoms with E-state index >= 15 is 0 Å². The summed E-state index contributed by atoms with van der Waals surface area (Å²) in [5.74, 6) is -0.478. The molecule has 0 radical (unpaired) electrons. The minimum absolute atomic E-state index is 0.239. The van der Waals surface area contributed by atoms with Crippen LogP contribution >= 0.6 is 0 Å². The van der Waals surface area contributed by atoms with Crippen LogP contribution in [0.15, 0.2) is 12.2 Å². The van der Waals surface area contributed by atoms with Gasteiger partial charge in [-0.1, -0.05) is 44.9 Å². The van der Waals surface area contributed by atoms with Crippen molar-refractivity contribution in [3.63, 3.8) is 0 Å². The van der Waals surface area contributed by atoms with Gasteiger partial charge in [-0.05, 0) is 12.8 Å². The lowest BCUT2D eigenvalue weighted by molar-refractivity contribution is -0.141. The monoisotopic (exact) mass is 250 g/mol. The molecule has 18 heavy (non-hydrogen) atoms. The van der Waals surface area contributed by atoms with Gasteiger partial charge in [0.1, 0.15) is 0 Å². The summed E-state index contributed by atoms with van der Waals surface area (Å²) in [6, 6.07) is 0.260. The third-order valence-corrected chi connectivity index (χ3v) is 3.73. The van der Waals surface area contributed by atoms with E-state index in [4.69, 9.17) is 0 Å². The zero-order valence-corrected chi connectivity index (χ0v) is 10.9. The van der Waals surface area contributed by atoms with E-state index in [9.17, 15) is 9.59 Å². The fraction of sp³-hybridized carbons (Fsp3) is 0.714. The molecule has 1 aliphatic carbocycles. The normalized spacial score (nSPS) is 23.7. The average molecular weight is 250 g/mol. The smallest absolute Gasteiger partial charge is 0.268 e. The van der Waals surface area contributed by atoms with Crippen molar-refractivity contribution in [1.82, 2.24) is 10.4 Å². The number of hydrogen-bond acceptors (Lipinski definition) is 3. The summed E-state index contributed by atoms with van der Waals surface area (Å²) in [5.41, 5.74) is 3.11. The molecule has 1 aliphatic heterocycles. The maximum atomic E-state index is 11.5. The molecule has 4 nitrogen and oxygen atoms in total. The first-order valence-corrected chi connectivity index (χ1v) is 7.09. The maximum Gasteiger partial charge on any atom is 0.268 e. The van der Waals surface area contributed by atoms with E-state index in [1.165, 1.54) is 57.1 Å². The van der Waals surface area contributed by atoms with E-state index in [2.05, 4.69) is 5.43 Å². The summed E-state index contributed by atoms with van der Waals surface area (Å²) in [7, 11) is 0. The third kappa shape index (κ3) is 3.67. The van der Waals surface area contributed by atoms with E-state index in [0.29, 0.717) is 0 Å². The summed E-state index contributed by atoms with van der Waals surface area (Å²) in [4.78, 5) is 23.0. The Hall–Kier alpha value is -1.16. The van der Waals surface area contributed by atoms with Crippen LogP contribution < -0.4 is 5.43 Å². The molecule has 2 amide bonds. The van der Waals surface area contributed by atoms with Gasteiger partial charge in [-0.15, -0.1) is 0 Å². The van der Waals surface area contributed by atoms with Crippen molar-refractivity contribution in [2.45, 2.75) is 63.8 Å². The Kier molecular flexibility index (Phi) is 4.93. The van der Waals surface area contributed by atoms with Crippen LogP contribution in [-0.2, 0) is 9.59 Å². The second-order valence-corrected chi connectivity index (χ2v) is 5.22. The minimum Gasteiger partial charge on any atom is -0.268 e. The standard InChI is InChI=1S/C14H22N2O2/c17-13-10-11-14(18)16(13)15-12-8-6-4-2-1-3-5-7-9-12/h10-12,15H,1-9H2. The molecule has 0 saturated heterocycles. The molecule has 0 spiro atoms. The van der Waals surface area contributed by atoms with Crippen molar-refractivity contribution in [2.24, 2.45) is 0 Å². The predicted molar refractivity (Wildman–Crippen MR) is 69.5 cm³/mol. The number of rotatable bonds is 2. The topological polar surface area (TPSA) is 49.4 Å². The molecule has 1 saturated carbocycles. The lowest BCUT2D eigenvalue weighted by Gasteiger charge is -2.25. The Labute approximate surface area is 108 Å². The van der Waals surface area contributed by atoms with Crippen LogP contribution in [0.1, 0.15) is 57.8 Å². The number of nitrogens with one attached hydrogen (secondary N) is 1. The molecule has 0 bridgehead atoms. The summed E-state index contributed by atoms with van der Waals surface area (Å²) >= 11 is 0. The van der Waals surface area contributed by atoms with Crippen LogP contribution in [0.2, 0.25) is 0 Å². The predicted octanol–water partition coefficient (Wildman–Crippen LogP) is 2.31. The highest BCUT2D eigenvalue weighted by atomic mass is 16.2. The molecule has 2 rings (SSSR count). The van der Waals surface area contributed by atoms with Gasteiger partial charge in [0.25, 0.3) is 11.8 Å². The largest absolute Gasteiger partial charge is 0.268 e. The summed E-state index contributed by atoms with van der Waals surface area (Å²) in [6.45, 7) is 0. The molecule has 2 aliphatic rings. The lowest BCUT2D eigenvalue weighted by atomic mass is 9.98. The zero-order valence-electron chi connectivity index (χ0n) is 10.9. The number of nitrogens with zero attached hydrogens (tertiary/aromatic N) is 1. The summed E-state index contributed by atoms with van der Waals surface area (Å²) < 4.78 is 0. The lowest BCUT2D eigenvalue weighted by Crippen LogP contribution is -2.48. The van der Waals surface area contributed by atoms with E-state index in [-0.39, 0.29) is 17.9 Å². The van der Waals surface area contributed by atoms with Gasteiger partial charge in [0.2, 0.25) is 0 Å². The Morgan fingerprint density at radius 1 is 0.833 bits per heavy atom. The SMILES string of the molecule is O=C1C=CC(=O)N1NC1CCCCCCCCC1. The van der Waals surface area contributed by atoms with Gasteiger partial charge in [-0.3, -0.25) is 9.59 Å². The molecule has 1 fully saturated rings. The number of carbonyl (C=O) groups is 2. The van der Waals surface area contributed by atoms with Gasteiger partial charge >= 0.3 is 0 Å². The summed E-state index contributed by atoms with van der Waals surface area (Å²) in [6.07, 6.45) is 13.6. The second kappa shape index (κ2) is 6.69. The quantitative estimate of drug-likeness (QED) is 0.765. The third-order valence-electron chi connectivity index (χ3n) is 3.73. The number of carbonyl (C=O) groups excluding carboxylic acids is 2. The van der Waals surface area contributed by atoms with Gasteiger partial charge in [-0.2, -0.15) is 0 Å². The Bertz CT molecular complexity index is 311. The van der Waals surface area contributed by atoms with Crippen molar-refractivity contribution < 1.29 is 9.59 Å². The van der Waals surface area contributed by atoms with Crippen molar-refractivity contribution in [3.05, 3.63) is 12.2 Å². The number of amides is 2. The molecule has 0 aromatic rings. The molecular formula is C14H22N2O2. The average Bonchev–Trinajstić information content (AvgIpc) is 2.69. The molecule has 0 aromatic heterocycles. The van der Waals surface area contributed by atoms with Crippen LogP contribution in [-0.4, -0.2) is 22.9 Å². The molecule has 0 unspecified atom stereocenters. The van der Waals surface area contributed by atoms with Crippen molar-refractivity contribution >= 4 is 11.8 Å². The first kappa shape index (κ1) is 13.3. The van der Waals surface area contributed by atoms with E-state index in [1.54, 1.807) is 0 Å². The zero-order chi connectivity index (χ0) is 12.8. The maximum absolute atomic E-state index is 11.5. The molecule has 0 aromatic carbocycles. The van der Waals surface area contributed by atoms with Crippen molar-refractivity contribution in [2.75, 3.05) is 0 Å². The minimum atomic E-state index is -0.239. The number of imide groups is 1. The molecular weight excluding hydrogens is 228 g/mol. The highest BCUT2D eigenvalue weighted by molar-refractivity contribution is 6.12. The highest BCUT2D eigenvalue weighted by Gasteiger charge is 2.25. The molecule has 100 valence electrons. The molecule has 4 heteroatoms. The van der Waals surface area contributed by atoms with Gasteiger partial charge in [-0.25, -0.2) is 10.4 Å². The van der Waals surface area contributed by atoms with Gasteiger partial charge in [0.15, 0.2) is 0 Å². The first-order chi connectivity index (χ1) is 8.77. The fourth-order valence-electron chi connectivity index (χ4n) is 2.65. The Morgan fingerprint density at radius 3 is 1.78 bits per heavy atom. The summed E-state index contributed by atoms with van der Waals surface area (Å²) in [5, 5.41) is 1.16. The fourth-order valence-corrected chi connectivity index (χ4v) is 2.65. The van der Waals surface area contributed by atoms with E-state index < -0.39 is 0 Å². The van der Waals surface area contributed by atoms with Crippen LogP contribution in [0.25, 0.3) is 0 Å². The van der Waals surface area contributed by atoms with Crippen LogP contribution in [0.5, 0.6) is 0 Å². The van der Waals surface area contributed by atoms with Crippen LogP contribution in [0.4, 0.5) is 0 Å². The number of hydrazine groups is 1. The van der Waals surface area contributed by atoms with Crippen molar-refractivity contribution in [1.29, 1.82) is 0 Å². The second-order valence-electron chi connectivity index (χ2n) is 5.22. The molecule has 1 heterocycles. The van der Waals surface area contributed by atoms with Crippen LogP contribution in [0, 0.1) is 0 Å². The first-order valence-electron chi connectivity index (χ1n) is 7.09. The Balaban J connectivity index is 1.85.